The summed E-state index contributed by atoms with van der Waals surface area (Å²) in [5.74, 6) is 0.973. The molecule has 0 saturated heterocycles. The number of hydrogen-bond donors (Lipinski definition) is 2. The van der Waals surface area contributed by atoms with Crippen LogP contribution in [-0.4, -0.2) is 32.1 Å². The highest BCUT2D eigenvalue weighted by atomic mass is 16.5. The lowest BCUT2D eigenvalue weighted by Crippen LogP contribution is -2.15. The van der Waals surface area contributed by atoms with E-state index >= 15 is 0 Å². The molecule has 0 atom stereocenters. The van der Waals surface area contributed by atoms with Gasteiger partial charge in [-0.1, -0.05) is 18.2 Å². The number of hydrogen-bond acceptors (Lipinski definition) is 5. The summed E-state index contributed by atoms with van der Waals surface area (Å²) in [4.78, 5) is 25.4. The summed E-state index contributed by atoms with van der Waals surface area (Å²) in [7, 11) is 1.51. The van der Waals surface area contributed by atoms with Crippen molar-refractivity contribution in [3.63, 3.8) is 0 Å². The van der Waals surface area contributed by atoms with Gasteiger partial charge in [-0.25, -0.2) is 0 Å². The molecule has 0 aromatic heterocycles. The minimum atomic E-state index is -0.320. The Bertz CT molecular complexity index is 1080. The first-order valence-electron chi connectivity index (χ1n) is 10.3. The van der Waals surface area contributed by atoms with E-state index in [2.05, 4.69) is 10.6 Å². The van der Waals surface area contributed by atoms with E-state index < -0.39 is 0 Å². The van der Waals surface area contributed by atoms with E-state index in [1.54, 1.807) is 60.7 Å². The molecule has 3 rings (SSSR count). The van der Waals surface area contributed by atoms with Gasteiger partial charge in [-0.15, -0.1) is 0 Å². The third kappa shape index (κ3) is 5.57. The van der Waals surface area contributed by atoms with Crippen molar-refractivity contribution < 1.29 is 23.8 Å². The SMILES string of the molecule is CCOc1ccc(C(=O)Nc2ccc(OC)c(NC(=O)c3ccccc3)c2)cc1OCC. The van der Waals surface area contributed by atoms with Gasteiger partial charge in [-0.2, -0.15) is 0 Å². The number of methoxy groups -OCH3 is 1. The van der Waals surface area contributed by atoms with Crippen LogP contribution in [-0.2, 0) is 0 Å². The second-order valence-electron chi connectivity index (χ2n) is 6.72. The fraction of sp³-hybridized carbons (Fsp3) is 0.200. The zero-order chi connectivity index (χ0) is 22.9. The zero-order valence-corrected chi connectivity index (χ0v) is 18.3. The van der Waals surface area contributed by atoms with Gasteiger partial charge >= 0.3 is 0 Å². The second-order valence-corrected chi connectivity index (χ2v) is 6.72. The van der Waals surface area contributed by atoms with Crippen LogP contribution in [0.15, 0.2) is 66.7 Å². The predicted octanol–water partition coefficient (Wildman–Crippen LogP) is 5.00. The number of nitrogens with one attached hydrogen (secondary N) is 2. The Hall–Kier alpha value is -4.00. The summed E-state index contributed by atoms with van der Waals surface area (Å²) < 4.78 is 16.5. The van der Waals surface area contributed by atoms with Crippen molar-refractivity contribution in [2.75, 3.05) is 31.0 Å². The minimum absolute atomic E-state index is 0.278. The quantitative estimate of drug-likeness (QED) is 0.495. The lowest BCUT2D eigenvalue weighted by Gasteiger charge is -2.14. The first-order valence-corrected chi connectivity index (χ1v) is 10.3. The minimum Gasteiger partial charge on any atom is -0.495 e. The molecule has 2 amide bonds. The summed E-state index contributed by atoms with van der Waals surface area (Å²) in [5, 5.41) is 5.67. The number of carbonyl (C=O) groups excluding carboxylic acids is 2. The summed E-state index contributed by atoms with van der Waals surface area (Å²) in [6.45, 7) is 4.70. The molecule has 0 spiro atoms. The molecule has 0 aliphatic rings. The van der Waals surface area contributed by atoms with E-state index in [1.165, 1.54) is 7.11 Å². The Morgan fingerprint density at radius 3 is 2.06 bits per heavy atom. The summed E-state index contributed by atoms with van der Waals surface area (Å²) in [5.41, 5.74) is 1.89. The van der Waals surface area contributed by atoms with Gasteiger partial charge in [0.25, 0.3) is 11.8 Å². The van der Waals surface area contributed by atoms with E-state index in [0.717, 1.165) is 0 Å². The molecule has 0 fully saturated rings. The maximum absolute atomic E-state index is 12.8. The van der Waals surface area contributed by atoms with Gasteiger partial charge in [-0.05, 0) is 62.4 Å². The first-order chi connectivity index (χ1) is 15.5. The monoisotopic (exact) mass is 434 g/mol. The topological polar surface area (TPSA) is 85.9 Å². The smallest absolute Gasteiger partial charge is 0.255 e. The van der Waals surface area contributed by atoms with Gasteiger partial charge in [0, 0.05) is 16.8 Å². The zero-order valence-electron chi connectivity index (χ0n) is 18.3. The lowest BCUT2D eigenvalue weighted by atomic mass is 10.1. The second kappa shape index (κ2) is 10.9. The molecule has 0 saturated carbocycles. The molecule has 3 aromatic carbocycles. The fourth-order valence-corrected chi connectivity index (χ4v) is 3.06. The van der Waals surface area contributed by atoms with Gasteiger partial charge in [0.1, 0.15) is 5.75 Å². The maximum atomic E-state index is 12.8. The van der Waals surface area contributed by atoms with Gasteiger partial charge < -0.3 is 24.8 Å². The first kappa shape index (κ1) is 22.7. The van der Waals surface area contributed by atoms with Gasteiger partial charge in [0.15, 0.2) is 11.5 Å². The molecular formula is C25H26N2O5. The van der Waals surface area contributed by atoms with Crippen LogP contribution in [0.3, 0.4) is 0 Å². The van der Waals surface area contributed by atoms with Gasteiger partial charge in [0.05, 0.1) is 26.0 Å². The third-order valence-electron chi connectivity index (χ3n) is 4.55. The largest absolute Gasteiger partial charge is 0.495 e. The van der Waals surface area contributed by atoms with Crippen molar-refractivity contribution in [2.45, 2.75) is 13.8 Å². The number of amides is 2. The van der Waals surface area contributed by atoms with E-state index in [4.69, 9.17) is 14.2 Å². The third-order valence-corrected chi connectivity index (χ3v) is 4.55. The average molecular weight is 434 g/mol. The number of rotatable bonds is 9. The van der Waals surface area contributed by atoms with E-state index in [0.29, 0.717) is 53.0 Å². The molecule has 0 aliphatic heterocycles. The molecule has 0 bridgehead atoms. The number of benzene rings is 3. The normalized spacial score (nSPS) is 10.2. The Morgan fingerprint density at radius 2 is 1.38 bits per heavy atom. The molecule has 7 nitrogen and oxygen atoms in total. The van der Waals surface area contributed by atoms with Crippen LogP contribution in [0.25, 0.3) is 0 Å². The van der Waals surface area contributed by atoms with Crippen LogP contribution in [0.5, 0.6) is 17.2 Å². The fourth-order valence-electron chi connectivity index (χ4n) is 3.06. The standard InChI is InChI=1S/C25H26N2O5/c1-4-31-22-13-11-18(15-23(22)32-5-2)25(29)26-19-12-14-21(30-3)20(16-19)27-24(28)17-9-7-6-8-10-17/h6-16H,4-5H2,1-3H3,(H,26,29)(H,27,28). The Morgan fingerprint density at radius 1 is 0.719 bits per heavy atom. The molecule has 2 N–H and O–H groups in total. The maximum Gasteiger partial charge on any atom is 0.255 e. The molecule has 32 heavy (non-hydrogen) atoms. The van der Waals surface area contributed by atoms with Crippen LogP contribution < -0.4 is 24.8 Å². The van der Waals surface area contributed by atoms with Crippen molar-refractivity contribution in [2.24, 2.45) is 0 Å². The molecular weight excluding hydrogens is 408 g/mol. The highest BCUT2D eigenvalue weighted by Crippen LogP contribution is 2.31. The van der Waals surface area contributed by atoms with Gasteiger partial charge in [0.2, 0.25) is 0 Å². The molecule has 3 aromatic rings. The lowest BCUT2D eigenvalue weighted by molar-refractivity contribution is 0.101. The van der Waals surface area contributed by atoms with Crippen molar-refractivity contribution in [3.05, 3.63) is 77.9 Å². The number of ether oxygens (including phenoxy) is 3. The molecule has 0 unspecified atom stereocenters. The molecule has 7 heteroatoms. The Balaban J connectivity index is 1.80. The van der Waals surface area contributed by atoms with Crippen LogP contribution in [0.4, 0.5) is 11.4 Å². The van der Waals surface area contributed by atoms with Crippen molar-refractivity contribution in [3.8, 4) is 17.2 Å². The van der Waals surface area contributed by atoms with Crippen molar-refractivity contribution in [1.82, 2.24) is 0 Å². The molecule has 0 heterocycles. The van der Waals surface area contributed by atoms with Crippen LogP contribution in [0.2, 0.25) is 0 Å². The summed E-state index contributed by atoms with van der Waals surface area (Å²) in [6.07, 6.45) is 0. The molecule has 166 valence electrons. The van der Waals surface area contributed by atoms with Crippen LogP contribution in [0, 0.1) is 0 Å². The highest BCUT2D eigenvalue weighted by Gasteiger charge is 2.14. The Labute approximate surface area is 187 Å². The highest BCUT2D eigenvalue weighted by molar-refractivity contribution is 6.07. The predicted molar refractivity (Wildman–Crippen MR) is 124 cm³/mol. The van der Waals surface area contributed by atoms with Crippen LogP contribution in [0.1, 0.15) is 34.6 Å². The number of anilines is 2. The van der Waals surface area contributed by atoms with E-state index in [-0.39, 0.29) is 11.8 Å². The average Bonchev–Trinajstić information content (AvgIpc) is 2.81. The summed E-state index contributed by atoms with van der Waals surface area (Å²) in [6, 6.07) is 18.9. The van der Waals surface area contributed by atoms with Crippen molar-refractivity contribution >= 4 is 23.2 Å². The van der Waals surface area contributed by atoms with E-state index in [9.17, 15) is 9.59 Å². The van der Waals surface area contributed by atoms with Crippen molar-refractivity contribution in [1.29, 1.82) is 0 Å². The van der Waals surface area contributed by atoms with Crippen LogP contribution >= 0.6 is 0 Å². The van der Waals surface area contributed by atoms with E-state index in [1.807, 2.05) is 19.9 Å². The van der Waals surface area contributed by atoms with Gasteiger partial charge in [-0.3, -0.25) is 9.59 Å². The molecule has 0 radical (unpaired) electrons. The summed E-state index contributed by atoms with van der Waals surface area (Å²) >= 11 is 0. The molecule has 0 aliphatic carbocycles. The number of carbonyl (C=O) groups is 2. The Kier molecular flexibility index (Phi) is 7.70.